The zero-order valence-corrected chi connectivity index (χ0v) is 36.7. The van der Waals surface area contributed by atoms with Gasteiger partial charge >= 0.3 is 51.4 Å². The molecule has 0 bridgehead atoms. The van der Waals surface area contributed by atoms with Gasteiger partial charge in [-0.1, -0.05) is 29.7 Å². The topological polar surface area (TPSA) is 137 Å². The predicted molar refractivity (Wildman–Crippen MR) is 217 cm³/mol. The van der Waals surface area contributed by atoms with E-state index < -0.39 is 24.9 Å². The van der Waals surface area contributed by atoms with Crippen molar-refractivity contribution in [1.82, 2.24) is 0 Å². The first kappa shape index (κ1) is 43.2. The van der Waals surface area contributed by atoms with Crippen LogP contribution in [0.15, 0.2) is 172 Å². The summed E-state index contributed by atoms with van der Waals surface area (Å²) in [5.41, 5.74) is 3.23. The van der Waals surface area contributed by atoms with Gasteiger partial charge in [0.1, 0.15) is 66.8 Å². The van der Waals surface area contributed by atoms with Crippen LogP contribution in [-0.2, 0) is 20.0 Å². The van der Waals surface area contributed by atoms with E-state index in [1.165, 1.54) is 48.5 Å². The molecule has 0 heterocycles. The molecule has 0 fully saturated rings. The third-order valence-electron chi connectivity index (χ3n) is 8.76. The average Bonchev–Trinajstić information content (AvgIpc) is 3.23. The fraction of sp³-hybridized carbons (Fsp3) is 0.0435. The van der Waals surface area contributed by atoms with Gasteiger partial charge in [0, 0.05) is 17.2 Å². The summed E-state index contributed by atoms with van der Waals surface area (Å²) in [7, 11) is -7.41. The molecule has 0 atom stereocenters. The number of ether oxygens (including phenoxy) is 5. The van der Waals surface area contributed by atoms with E-state index in [1.807, 2.05) is 31.2 Å². The molecule has 0 aliphatic rings. The molecular formula is C46H33KO10S2. The Kier molecular flexibility index (Phi) is 13.7. The Bertz CT molecular complexity index is 2840. The number of sulfone groups is 1. The third-order valence-corrected chi connectivity index (χ3v) is 11.4. The van der Waals surface area contributed by atoms with Crippen molar-refractivity contribution in [1.29, 1.82) is 0 Å². The number of hydrogen-bond acceptors (Lipinski definition) is 10. The second-order valence-electron chi connectivity index (χ2n) is 12.8. The summed E-state index contributed by atoms with van der Waals surface area (Å²) in [6, 6.07) is 42.1. The van der Waals surface area contributed by atoms with Gasteiger partial charge in [-0.05, 0) is 146 Å². The van der Waals surface area contributed by atoms with E-state index in [0.29, 0.717) is 34.3 Å². The van der Waals surface area contributed by atoms with Crippen LogP contribution in [0.2, 0.25) is 0 Å². The minimum Gasteiger partial charge on any atom is -0.744 e. The second kappa shape index (κ2) is 18.7. The molecule has 0 radical (unpaired) electrons. The SMILES string of the molecule is C#Cc1ccc(-c2cc(C)ccc2Oc2ccc(Oc3ccc(S(=O)(=O)c4ccc(Oc5ccc(Oc6ccc(OC)cc6)cc5)cc4)cc3)c(S(=O)(=O)[O-])c2)cc1.[K+]. The summed E-state index contributed by atoms with van der Waals surface area (Å²) in [5, 5.41) is 0. The number of methoxy groups -OCH3 is 1. The van der Waals surface area contributed by atoms with E-state index in [2.05, 4.69) is 5.92 Å². The molecule has 13 heteroatoms. The first-order valence-corrected chi connectivity index (χ1v) is 20.5. The minimum atomic E-state index is -5.04. The van der Waals surface area contributed by atoms with E-state index in [4.69, 9.17) is 30.1 Å². The zero-order chi connectivity index (χ0) is 40.9. The maximum Gasteiger partial charge on any atom is 1.00 e. The normalized spacial score (nSPS) is 11.1. The molecule has 7 aromatic carbocycles. The van der Waals surface area contributed by atoms with Crippen molar-refractivity contribution in [3.63, 3.8) is 0 Å². The molecule has 0 aliphatic heterocycles. The van der Waals surface area contributed by atoms with Gasteiger partial charge in [-0.15, -0.1) is 6.42 Å². The number of hydrogen-bond donors (Lipinski definition) is 0. The molecule has 59 heavy (non-hydrogen) atoms. The number of aryl methyl sites for hydroxylation is 1. The minimum absolute atomic E-state index is 0. The van der Waals surface area contributed by atoms with Crippen molar-refractivity contribution in [2.45, 2.75) is 21.6 Å². The van der Waals surface area contributed by atoms with E-state index in [-0.39, 0.29) is 78.4 Å². The van der Waals surface area contributed by atoms with Crippen molar-refractivity contribution < 1.29 is 96.5 Å². The van der Waals surface area contributed by atoms with Gasteiger partial charge in [0.25, 0.3) is 0 Å². The first-order valence-electron chi connectivity index (χ1n) is 17.6. The molecule has 10 nitrogen and oxygen atoms in total. The molecule has 7 aromatic rings. The van der Waals surface area contributed by atoms with Gasteiger partial charge in [0.05, 0.1) is 16.9 Å². The van der Waals surface area contributed by atoms with Gasteiger partial charge in [0.2, 0.25) is 9.84 Å². The summed E-state index contributed by atoms with van der Waals surface area (Å²) in [6.07, 6.45) is 5.50. The third kappa shape index (κ3) is 10.6. The van der Waals surface area contributed by atoms with Crippen molar-refractivity contribution in [3.8, 4) is 75.2 Å². The summed E-state index contributed by atoms with van der Waals surface area (Å²) in [6.45, 7) is 1.93. The van der Waals surface area contributed by atoms with Crippen LogP contribution in [-0.4, -0.2) is 28.5 Å². The van der Waals surface area contributed by atoms with Crippen LogP contribution >= 0.6 is 0 Å². The molecule has 290 valence electrons. The van der Waals surface area contributed by atoms with Crippen molar-refractivity contribution in [2.24, 2.45) is 0 Å². The van der Waals surface area contributed by atoms with E-state index >= 15 is 0 Å². The Morgan fingerprint density at radius 1 is 0.508 bits per heavy atom. The first-order chi connectivity index (χ1) is 27.9. The zero-order valence-electron chi connectivity index (χ0n) is 32.0. The summed E-state index contributed by atoms with van der Waals surface area (Å²) < 4.78 is 93.0. The fourth-order valence-electron chi connectivity index (χ4n) is 5.79. The quantitative estimate of drug-likeness (QED) is 0.0650. The van der Waals surface area contributed by atoms with Crippen molar-refractivity contribution in [2.75, 3.05) is 7.11 Å². The maximum absolute atomic E-state index is 13.5. The molecule has 0 aromatic heterocycles. The fourth-order valence-corrected chi connectivity index (χ4v) is 7.67. The van der Waals surface area contributed by atoms with Gasteiger partial charge in [-0.3, -0.25) is 0 Å². The molecule has 0 N–H and O–H groups in total. The maximum atomic E-state index is 13.5. The Morgan fingerprint density at radius 2 is 0.932 bits per heavy atom. The number of terminal acetylenes is 1. The van der Waals surface area contributed by atoms with Crippen LogP contribution in [0.5, 0.6) is 51.7 Å². The standard InChI is InChI=1S/C46H34O10S2.K/c1-4-32-6-8-33(9-7-32)43-29-31(2)5-27-44(43)56-40-22-28-45(46(30-40)58(49,50)51)55-39-20-25-42(26-21-39)57(47,48)41-23-18-38(19-24-41)54-37-16-14-36(15-17-37)53-35-12-10-34(52-3)11-13-35;/h1,5-30H,2-3H3,(H,49,50,51);/q;+1/p-1. The smallest absolute Gasteiger partial charge is 0.744 e. The van der Waals surface area contributed by atoms with Crippen molar-refractivity contribution >= 4 is 20.0 Å². The molecule has 0 saturated carbocycles. The van der Waals surface area contributed by atoms with E-state index in [9.17, 15) is 21.4 Å². The summed E-state index contributed by atoms with van der Waals surface area (Å²) in [4.78, 5) is -0.675. The van der Waals surface area contributed by atoms with Gasteiger partial charge in [-0.25, -0.2) is 16.8 Å². The Hall–Kier alpha value is -5.40. The van der Waals surface area contributed by atoms with Crippen LogP contribution in [0.4, 0.5) is 0 Å². The van der Waals surface area contributed by atoms with Crippen LogP contribution in [0.25, 0.3) is 11.1 Å². The van der Waals surface area contributed by atoms with Gasteiger partial charge in [0.15, 0.2) is 0 Å². The Morgan fingerprint density at radius 3 is 1.41 bits per heavy atom. The molecule has 0 saturated heterocycles. The summed E-state index contributed by atoms with van der Waals surface area (Å²) in [5.74, 6) is 5.82. The Balaban J connectivity index is 0.00000585. The van der Waals surface area contributed by atoms with E-state index in [0.717, 1.165) is 28.5 Å². The largest absolute Gasteiger partial charge is 1.00 e. The van der Waals surface area contributed by atoms with Gasteiger partial charge in [-0.2, -0.15) is 0 Å². The predicted octanol–water partition coefficient (Wildman–Crippen LogP) is 7.56. The van der Waals surface area contributed by atoms with Crippen LogP contribution in [0, 0.1) is 19.3 Å². The number of benzene rings is 7. The van der Waals surface area contributed by atoms with Crippen molar-refractivity contribution in [3.05, 3.63) is 169 Å². The second-order valence-corrected chi connectivity index (χ2v) is 16.1. The monoisotopic (exact) mass is 848 g/mol. The van der Waals surface area contributed by atoms with Crippen LogP contribution in [0.1, 0.15) is 11.1 Å². The van der Waals surface area contributed by atoms with Crippen LogP contribution < -0.4 is 75.1 Å². The van der Waals surface area contributed by atoms with Gasteiger partial charge < -0.3 is 28.2 Å². The molecule has 0 aliphatic carbocycles. The average molecular weight is 849 g/mol. The molecule has 0 spiro atoms. The molecule has 0 unspecified atom stereocenters. The van der Waals surface area contributed by atoms with E-state index in [1.54, 1.807) is 86.0 Å². The summed E-state index contributed by atoms with van der Waals surface area (Å²) >= 11 is 0. The molecular weight excluding hydrogens is 816 g/mol. The van der Waals surface area contributed by atoms with Crippen LogP contribution in [0.3, 0.4) is 0 Å². The molecule has 0 amide bonds. The number of rotatable bonds is 13. The molecule has 7 rings (SSSR count). The Labute approximate surface area is 385 Å².